The SMILES string of the molecule is CCOc1ccc([C@@H](C)NC(=O)c2ccc(NC)c([N+](=O)[O-])c2)cc1OCC. The maximum atomic E-state index is 12.6. The zero-order valence-electron chi connectivity index (χ0n) is 16.4. The van der Waals surface area contributed by atoms with Gasteiger partial charge in [0.15, 0.2) is 11.5 Å². The van der Waals surface area contributed by atoms with E-state index in [-0.39, 0.29) is 17.3 Å². The molecule has 0 aliphatic heterocycles. The van der Waals surface area contributed by atoms with Gasteiger partial charge in [0.1, 0.15) is 5.69 Å². The molecule has 2 rings (SSSR count). The summed E-state index contributed by atoms with van der Waals surface area (Å²) in [5.74, 6) is 0.854. The molecule has 2 N–H and O–H groups in total. The van der Waals surface area contributed by atoms with Gasteiger partial charge in [-0.15, -0.1) is 0 Å². The van der Waals surface area contributed by atoms with Crippen molar-refractivity contribution in [3.63, 3.8) is 0 Å². The van der Waals surface area contributed by atoms with Gasteiger partial charge < -0.3 is 20.1 Å². The van der Waals surface area contributed by atoms with E-state index in [0.717, 1.165) is 5.56 Å². The predicted molar refractivity (Wildman–Crippen MR) is 107 cm³/mol. The van der Waals surface area contributed by atoms with Crippen LogP contribution in [0.5, 0.6) is 11.5 Å². The minimum absolute atomic E-state index is 0.150. The minimum atomic E-state index is -0.521. The molecule has 0 aromatic heterocycles. The van der Waals surface area contributed by atoms with E-state index in [9.17, 15) is 14.9 Å². The molecule has 2 aromatic rings. The van der Waals surface area contributed by atoms with Crippen LogP contribution in [0.3, 0.4) is 0 Å². The quantitative estimate of drug-likeness (QED) is 0.499. The van der Waals surface area contributed by atoms with E-state index in [4.69, 9.17) is 9.47 Å². The van der Waals surface area contributed by atoms with Gasteiger partial charge in [-0.05, 0) is 50.6 Å². The summed E-state index contributed by atoms with van der Waals surface area (Å²) >= 11 is 0. The Bertz CT molecular complexity index is 854. The van der Waals surface area contributed by atoms with Gasteiger partial charge in [-0.2, -0.15) is 0 Å². The Labute approximate surface area is 164 Å². The van der Waals surface area contributed by atoms with Crippen molar-refractivity contribution in [3.8, 4) is 11.5 Å². The number of hydrogen-bond acceptors (Lipinski definition) is 6. The van der Waals surface area contributed by atoms with E-state index in [0.29, 0.717) is 30.4 Å². The highest BCUT2D eigenvalue weighted by Gasteiger charge is 2.19. The molecule has 0 saturated carbocycles. The number of anilines is 1. The zero-order chi connectivity index (χ0) is 20.7. The van der Waals surface area contributed by atoms with Crippen LogP contribution in [0.2, 0.25) is 0 Å². The van der Waals surface area contributed by atoms with Crippen molar-refractivity contribution in [3.05, 3.63) is 57.6 Å². The van der Waals surface area contributed by atoms with Crippen LogP contribution >= 0.6 is 0 Å². The number of carbonyl (C=O) groups excluding carboxylic acids is 1. The van der Waals surface area contributed by atoms with Gasteiger partial charge in [0, 0.05) is 18.7 Å². The lowest BCUT2D eigenvalue weighted by Gasteiger charge is -2.17. The third-order valence-corrected chi connectivity index (χ3v) is 4.14. The number of nitrogens with one attached hydrogen (secondary N) is 2. The van der Waals surface area contributed by atoms with Crippen LogP contribution in [-0.4, -0.2) is 31.1 Å². The summed E-state index contributed by atoms with van der Waals surface area (Å²) in [4.78, 5) is 23.2. The highest BCUT2D eigenvalue weighted by atomic mass is 16.6. The van der Waals surface area contributed by atoms with Crippen molar-refractivity contribution in [2.24, 2.45) is 0 Å². The first-order valence-corrected chi connectivity index (χ1v) is 9.07. The summed E-state index contributed by atoms with van der Waals surface area (Å²) in [6, 6.07) is 9.48. The molecule has 0 radical (unpaired) electrons. The molecule has 0 heterocycles. The fraction of sp³-hybridized carbons (Fsp3) is 0.350. The predicted octanol–water partition coefficient (Wildman–Crippen LogP) is 3.92. The maximum absolute atomic E-state index is 12.6. The Kier molecular flexibility index (Phi) is 7.20. The molecule has 28 heavy (non-hydrogen) atoms. The molecule has 0 spiro atoms. The molecule has 8 nitrogen and oxygen atoms in total. The Hall–Kier alpha value is -3.29. The number of nitro groups is 1. The molecule has 0 aliphatic carbocycles. The average Bonchev–Trinajstić information content (AvgIpc) is 2.68. The molecule has 0 unspecified atom stereocenters. The van der Waals surface area contributed by atoms with Crippen LogP contribution in [0.4, 0.5) is 11.4 Å². The number of nitrogens with zero attached hydrogens (tertiary/aromatic N) is 1. The van der Waals surface area contributed by atoms with Crippen LogP contribution in [0, 0.1) is 10.1 Å². The number of nitro benzene ring substituents is 1. The second kappa shape index (κ2) is 9.59. The summed E-state index contributed by atoms with van der Waals surface area (Å²) in [7, 11) is 1.59. The van der Waals surface area contributed by atoms with Crippen molar-refractivity contribution < 1.29 is 19.2 Å². The molecule has 0 fully saturated rings. The Morgan fingerprint density at radius 1 is 1.11 bits per heavy atom. The van der Waals surface area contributed by atoms with E-state index in [1.165, 1.54) is 12.1 Å². The van der Waals surface area contributed by atoms with Crippen molar-refractivity contribution in [1.29, 1.82) is 0 Å². The third kappa shape index (κ3) is 4.91. The van der Waals surface area contributed by atoms with Crippen molar-refractivity contribution >= 4 is 17.3 Å². The fourth-order valence-electron chi connectivity index (χ4n) is 2.74. The largest absolute Gasteiger partial charge is 0.490 e. The summed E-state index contributed by atoms with van der Waals surface area (Å²) in [6.07, 6.45) is 0. The molecule has 0 bridgehead atoms. The molecule has 1 amide bonds. The van der Waals surface area contributed by atoms with E-state index in [1.807, 2.05) is 32.9 Å². The standard InChI is InChI=1S/C20H25N3O5/c1-5-27-18-10-8-14(12-19(18)28-6-2)13(3)22-20(24)15-7-9-16(21-4)17(11-15)23(25)26/h7-13,21H,5-6H2,1-4H3,(H,22,24)/t13-/m1/s1. The number of ether oxygens (including phenoxy) is 2. The second-order valence-electron chi connectivity index (χ2n) is 6.01. The Morgan fingerprint density at radius 2 is 1.79 bits per heavy atom. The number of carbonyl (C=O) groups is 1. The number of rotatable bonds is 9. The van der Waals surface area contributed by atoms with E-state index in [1.54, 1.807) is 19.2 Å². The van der Waals surface area contributed by atoms with Gasteiger partial charge >= 0.3 is 0 Å². The lowest BCUT2D eigenvalue weighted by atomic mass is 10.1. The normalized spacial score (nSPS) is 11.4. The number of amides is 1. The Morgan fingerprint density at radius 3 is 2.39 bits per heavy atom. The molecule has 0 saturated heterocycles. The first kappa shape index (κ1) is 21.0. The first-order chi connectivity index (χ1) is 13.4. The molecule has 0 aliphatic rings. The van der Waals surface area contributed by atoms with Crippen molar-refractivity contribution in [2.45, 2.75) is 26.8 Å². The third-order valence-electron chi connectivity index (χ3n) is 4.14. The lowest BCUT2D eigenvalue weighted by molar-refractivity contribution is -0.384. The monoisotopic (exact) mass is 387 g/mol. The highest BCUT2D eigenvalue weighted by Crippen LogP contribution is 2.31. The van der Waals surface area contributed by atoms with Gasteiger partial charge in [0.2, 0.25) is 0 Å². The fourth-order valence-corrected chi connectivity index (χ4v) is 2.74. The van der Waals surface area contributed by atoms with E-state index >= 15 is 0 Å². The molecule has 2 aromatic carbocycles. The molecular weight excluding hydrogens is 362 g/mol. The Balaban J connectivity index is 2.21. The van der Waals surface area contributed by atoms with Crippen molar-refractivity contribution in [2.75, 3.05) is 25.6 Å². The van der Waals surface area contributed by atoms with E-state index < -0.39 is 10.8 Å². The lowest BCUT2D eigenvalue weighted by Crippen LogP contribution is -2.26. The van der Waals surface area contributed by atoms with Gasteiger partial charge in [0.25, 0.3) is 11.6 Å². The summed E-state index contributed by atoms with van der Waals surface area (Å²) in [5.41, 5.74) is 1.25. The van der Waals surface area contributed by atoms with Gasteiger partial charge in [-0.1, -0.05) is 6.07 Å². The van der Waals surface area contributed by atoms with Crippen LogP contribution in [-0.2, 0) is 0 Å². The minimum Gasteiger partial charge on any atom is -0.490 e. The van der Waals surface area contributed by atoms with Crippen molar-refractivity contribution in [1.82, 2.24) is 5.32 Å². The summed E-state index contributed by atoms with van der Waals surface area (Å²) in [6.45, 7) is 6.62. The summed E-state index contributed by atoms with van der Waals surface area (Å²) in [5, 5.41) is 16.8. The number of hydrogen-bond donors (Lipinski definition) is 2. The first-order valence-electron chi connectivity index (χ1n) is 9.07. The van der Waals surface area contributed by atoms with Gasteiger partial charge in [-0.25, -0.2) is 0 Å². The highest BCUT2D eigenvalue weighted by molar-refractivity contribution is 5.96. The summed E-state index contributed by atoms with van der Waals surface area (Å²) < 4.78 is 11.2. The topological polar surface area (TPSA) is 103 Å². The number of benzene rings is 2. The zero-order valence-corrected chi connectivity index (χ0v) is 16.4. The molecule has 150 valence electrons. The maximum Gasteiger partial charge on any atom is 0.293 e. The molecule has 1 atom stereocenters. The molecular formula is C20H25N3O5. The second-order valence-corrected chi connectivity index (χ2v) is 6.01. The average molecular weight is 387 g/mol. The van der Waals surface area contributed by atoms with Crippen LogP contribution < -0.4 is 20.1 Å². The smallest absolute Gasteiger partial charge is 0.293 e. The molecule has 8 heteroatoms. The van der Waals surface area contributed by atoms with Gasteiger partial charge in [-0.3, -0.25) is 14.9 Å². The van der Waals surface area contributed by atoms with Gasteiger partial charge in [0.05, 0.1) is 24.2 Å². The van der Waals surface area contributed by atoms with Crippen LogP contribution in [0.1, 0.15) is 42.7 Å². The van der Waals surface area contributed by atoms with E-state index in [2.05, 4.69) is 10.6 Å². The van der Waals surface area contributed by atoms with Crippen LogP contribution in [0.25, 0.3) is 0 Å². The van der Waals surface area contributed by atoms with Crippen LogP contribution in [0.15, 0.2) is 36.4 Å².